The molecule has 29 heavy (non-hydrogen) atoms. The molecule has 0 aliphatic rings. The van der Waals surface area contributed by atoms with Crippen LogP contribution in [0.2, 0.25) is 0 Å². The van der Waals surface area contributed by atoms with Crippen LogP contribution in [0.4, 0.5) is 0 Å². The molecule has 0 unspecified atom stereocenters. The van der Waals surface area contributed by atoms with Crippen molar-refractivity contribution in [2.45, 2.75) is 20.8 Å². The van der Waals surface area contributed by atoms with E-state index in [1.807, 2.05) is 31.2 Å². The topological polar surface area (TPSA) is 70.1 Å². The minimum absolute atomic E-state index is 0.649. The summed E-state index contributed by atoms with van der Waals surface area (Å²) < 4.78 is 9.47. The van der Waals surface area contributed by atoms with Gasteiger partial charge in [-0.05, 0) is 62.7 Å². The minimum atomic E-state index is 0.649. The molecule has 0 saturated carbocycles. The van der Waals surface area contributed by atoms with Crippen LogP contribution in [-0.4, -0.2) is 35.7 Å². The molecule has 7 nitrogen and oxygen atoms in total. The monoisotopic (exact) mass is 384 g/mol. The highest BCUT2D eigenvalue weighted by Crippen LogP contribution is 2.31. The molecule has 0 radical (unpaired) electrons. The Bertz CT molecular complexity index is 1320. The zero-order valence-corrected chi connectivity index (χ0v) is 16.5. The van der Waals surface area contributed by atoms with Crippen LogP contribution in [0, 0.1) is 13.8 Å². The van der Waals surface area contributed by atoms with Crippen molar-refractivity contribution in [3.8, 4) is 22.8 Å². The van der Waals surface area contributed by atoms with Crippen LogP contribution in [0.15, 0.2) is 55.1 Å². The number of hydrogen-bond acceptors (Lipinski definition) is 5. The van der Waals surface area contributed by atoms with E-state index in [4.69, 9.17) is 14.7 Å². The number of aryl methyl sites for hydroxylation is 1. The molecule has 0 fully saturated rings. The van der Waals surface area contributed by atoms with Crippen LogP contribution in [0.3, 0.4) is 0 Å². The number of rotatable bonds is 4. The molecule has 0 bridgehead atoms. The van der Waals surface area contributed by atoms with E-state index in [0.717, 1.165) is 44.9 Å². The highest BCUT2D eigenvalue weighted by atomic mass is 16.5. The van der Waals surface area contributed by atoms with Gasteiger partial charge in [0.15, 0.2) is 17.1 Å². The van der Waals surface area contributed by atoms with Crippen molar-refractivity contribution in [3.63, 3.8) is 0 Å². The second kappa shape index (κ2) is 6.70. The molecule has 0 saturated heterocycles. The molecule has 5 aromatic rings. The summed E-state index contributed by atoms with van der Waals surface area (Å²) in [6.07, 6.45) is 5.21. The average Bonchev–Trinajstić information content (AvgIpc) is 3.29. The molecule has 0 spiro atoms. The summed E-state index contributed by atoms with van der Waals surface area (Å²) in [5.41, 5.74) is 5.89. The Morgan fingerprint density at radius 2 is 1.72 bits per heavy atom. The summed E-state index contributed by atoms with van der Waals surface area (Å²) in [5.74, 6) is 1.52. The molecule has 0 aliphatic carbocycles. The second-order valence-corrected chi connectivity index (χ2v) is 6.86. The van der Waals surface area contributed by atoms with Crippen LogP contribution in [0.1, 0.15) is 18.2 Å². The van der Waals surface area contributed by atoms with Crippen LogP contribution in [-0.2, 0) is 0 Å². The molecule has 7 heteroatoms. The lowest BCUT2D eigenvalue weighted by atomic mass is 10.2. The third kappa shape index (κ3) is 2.74. The number of fused-ring (bicyclic) bond motifs is 3. The molecule has 4 heterocycles. The number of aromatic nitrogens is 6. The first-order valence-corrected chi connectivity index (χ1v) is 9.54. The lowest BCUT2D eigenvalue weighted by Gasteiger charge is -2.09. The average molecular weight is 384 g/mol. The van der Waals surface area contributed by atoms with E-state index in [-0.39, 0.29) is 0 Å². The predicted molar refractivity (Wildman–Crippen MR) is 111 cm³/mol. The maximum Gasteiger partial charge on any atom is 0.182 e. The SMILES string of the molecule is CCOc1ccc(-n2c(C)c(C)c3c2ncn2nc(-c4ccncc4)nc32)cc1. The summed E-state index contributed by atoms with van der Waals surface area (Å²) >= 11 is 0. The van der Waals surface area contributed by atoms with Crippen LogP contribution >= 0.6 is 0 Å². The van der Waals surface area contributed by atoms with Gasteiger partial charge in [0.25, 0.3) is 0 Å². The number of nitrogens with zero attached hydrogens (tertiary/aromatic N) is 6. The largest absolute Gasteiger partial charge is 0.494 e. The number of pyridine rings is 1. The first-order valence-electron chi connectivity index (χ1n) is 9.54. The van der Waals surface area contributed by atoms with Crippen LogP contribution in [0.25, 0.3) is 33.8 Å². The fraction of sp³-hybridized carbons (Fsp3) is 0.182. The van der Waals surface area contributed by atoms with E-state index in [2.05, 4.69) is 40.6 Å². The van der Waals surface area contributed by atoms with Gasteiger partial charge in [-0.2, -0.15) is 0 Å². The van der Waals surface area contributed by atoms with Crippen molar-refractivity contribution in [1.29, 1.82) is 0 Å². The molecule has 4 aromatic heterocycles. The zero-order chi connectivity index (χ0) is 20.0. The van der Waals surface area contributed by atoms with Crippen molar-refractivity contribution in [1.82, 2.24) is 29.1 Å². The van der Waals surface area contributed by atoms with Gasteiger partial charge in [0.1, 0.15) is 12.1 Å². The van der Waals surface area contributed by atoms with Crippen LogP contribution < -0.4 is 4.74 Å². The molecule has 1 aromatic carbocycles. The summed E-state index contributed by atoms with van der Waals surface area (Å²) in [6, 6.07) is 11.9. The van der Waals surface area contributed by atoms with Gasteiger partial charge < -0.3 is 4.74 Å². The lowest BCUT2D eigenvalue weighted by molar-refractivity contribution is 0.340. The predicted octanol–water partition coefficient (Wildman–Crippen LogP) is 4.15. The van der Waals surface area contributed by atoms with Crippen molar-refractivity contribution in [2.24, 2.45) is 0 Å². The van der Waals surface area contributed by atoms with Gasteiger partial charge in [-0.15, -0.1) is 5.10 Å². The molecule has 144 valence electrons. The van der Waals surface area contributed by atoms with E-state index < -0.39 is 0 Å². The second-order valence-electron chi connectivity index (χ2n) is 6.86. The van der Waals surface area contributed by atoms with E-state index in [1.54, 1.807) is 23.2 Å². The van der Waals surface area contributed by atoms with Gasteiger partial charge in [0.2, 0.25) is 0 Å². The third-order valence-electron chi connectivity index (χ3n) is 5.18. The highest BCUT2D eigenvalue weighted by molar-refractivity contribution is 5.95. The summed E-state index contributed by atoms with van der Waals surface area (Å²) in [5, 5.41) is 5.61. The Hall–Kier alpha value is -3.74. The first-order chi connectivity index (χ1) is 14.2. The number of benzene rings is 1. The number of hydrogen-bond donors (Lipinski definition) is 0. The Morgan fingerprint density at radius 3 is 2.45 bits per heavy atom. The van der Waals surface area contributed by atoms with E-state index in [1.165, 1.54) is 0 Å². The van der Waals surface area contributed by atoms with Gasteiger partial charge >= 0.3 is 0 Å². The Kier molecular flexibility index (Phi) is 4.01. The van der Waals surface area contributed by atoms with Gasteiger partial charge in [0, 0.05) is 29.3 Å². The number of ether oxygens (including phenoxy) is 1. The molecule has 0 N–H and O–H groups in total. The lowest BCUT2D eigenvalue weighted by Crippen LogP contribution is -1.99. The van der Waals surface area contributed by atoms with Crippen molar-refractivity contribution in [2.75, 3.05) is 6.61 Å². The van der Waals surface area contributed by atoms with E-state index in [9.17, 15) is 0 Å². The van der Waals surface area contributed by atoms with Crippen molar-refractivity contribution >= 4 is 16.7 Å². The van der Waals surface area contributed by atoms with Gasteiger partial charge in [-0.3, -0.25) is 9.55 Å². The highest BCUT2D eigenvalue weighted by Gasteiger charge is 2.19. The Morgan fingerprint density at radius 1 is 0.966 bits per heavy atom. The maximum absolute atomic E-state index is 5.57. The normalized spacial score (nSPS) is 11.4. The first kappa shape index (κ1) is 17.4. The van der Waals surface area contributed by atoms with E-state index >= 15 is 0 Å². The summed E-state index contributed by atoms with van der Waals surface area (Å²) in [4.78, 5) is 13.6. The van der Waals surface area contributed by atoms with Crippen molar-refractivity contribution in [3.05, 3.63) is 66.4 Å². The van der Waals surface area contributed by atoms with Gasteiger partial charge in [-0.1, -0.05) is 0 Å². The fourth-order valence-corrected chi connectivity index (χ4v) is 3.66. The van der Waals surface area contributed by atoms with Gasteiger partial charge in [0.05, 0.1) is 12.0 Å². The molecule has 5 rings (SSSR count). The summed E-state index contributed by atoms with van der Waals surface area (Å²) in [7, 11) is 0. The smallest absolute Gasteiger partial charge is 0.182 e. The Balaban J connectivity index is 1.72. The molecular weight excluding hydrogens is 364 g/mol. The molecule has 0 atom stereocenters. The maximum atomic E-state index is 5.57. The van der Waals surface area contributed by atoms with Crippen molar-refractivity contribution < 1.29 is 4.74 Å². The zero-order valence-electron chi connectivity index (χ0n) is 16.5. The van der Waals surface area contributed by atoms with E-state index in [0.29, 0.717) is 12.4 Å². The Labute approximate surface area is 167 Å². The fourth-order valence-electron chi connectivity index (χ4n) is 3.66. The third-order valence-corrected chi connectivity index (χ3v) is 5.18. The standard InChI is InChI=1S/C22H20N6O/c1-4-29-18-7-5-17(6-8-18)28-15(3)14(2)19-21(28)24-13-27-22(19)25-20(26-27)16-9-11-23-12-10-16/h5-13H,4H2,1-3H3. The molecule has 0 aliphatic heterocycles. The van der Waals surface area contributed by atoms with Crippen LogP contribution in [0.5, 0.6) is 5.75 Å². The van der Waals surface area contributed by atoms with Gasteiger partial charge in [-0.25, -0.2) is 14.5 Å². The minimum Gasteiger partial charge on any atom is -0.494 e. The summed E-state index contributed by atoms with van der Waals surface area (Å²) in [6.45, 7) is 6.83. The quantitative estimate of drug-likeness (QED) is 0.466. The molecular formula is C22H20N6O. The molecule has 0 amide bonds.